The van der Waals surface area contributed by atoms with Crippen LogP contribution in [0.4, 0.5) is 8.78 Å². The van der Waals surface area contributed by atoms with E-state index in [0.29, 0.717) is 49.3 Å². The summed E-state index contributed by atoms with van der Waals surface area (Å²) in [6, 6.07) is 21.7. The van der Waals surface area contributed by atoms with Crippen molar-refractivity contribution in [1.29, 1.82) is 0 Å². The molecule has 4 aromatic carbocycles. The first kappa shape index (κ1) is 80.6. The summed E-state index contributed by atoms with van der Waals surface area (Å²) in [5.41, 5.74) is 5.75. The van der Waals surface area contributed by atoms with Gasteiger partial charge in [0.2, 0.25) is 43.1 Å². The maximum atomic E-state index is 16.3. The van der Waals surface area contributed by atoms with Gasteiger partial charge in [-0.2, -0.15) is 8.78 Å². The number of fused-ring (bicyclic) bond motifs is 1. The number of allylic oxidation sites excluding steroid dienone is 1. The molecule has 2 heterocycles. The first-order valence-electron chi connectivity index (χ1n) is 35.7. The quantitative estimate of drug-likeness (QED) is 0.00713. The number of benzene rings is 4. The number of halogens is 2. The maximum Gasteiger partial charge on any atom is 0.410 e. The number of Topliss-reactive ketones (excluding diaryl/α,β-unsaturated/α-hetero) is 1. The number of carbonyl (C=O) groups is 8. The largest absolute Gasteiger partial charge is 0.438 e. The summed E-state index contributed by atoms with van der Waals surface area (Å²) in [5, 5.41) is 8.30. The van der Waals surface area contributed by atoms with Crippen molar-refractivity contribution in [2.24, 2.45) is 29.5 Å². The minimum atomic E-state index is -5.60. The average Bonchev–Trinajstić information content (AvgIpc) is 1.71. The Kier molecular flexibility index (Phi) is 28.6. The van der Waals surface area contributed by atoms with Gasteiger partial charge >= 0.3 is 30.9 Å². The molecule has 0 saturated carbocycles. The molecule has 2 unspecified atom stereocenters. The van der Waals surface area contributed by atoms with Crippen LogP contribution in [0.25, 0.3) is 16.6 Å². The van der Waals surface area contributed by atoms with Gasteiger partial charge in [0.25, 0.3) is 0 Å². The van der Waals surface area contributed by atoms with Crippen LogP contribution in [-0.4, -0.2) is 115 Å². The molecule has 1 saturated heterocycles. The number of esters is 2. The molecule has 0 bridgehead atoms. The lowest BCUT2D eigenvalue weighted by atomic mass is 9.84. The maximum absolute atomic E-state index is 16.3. The highest BCUT2D eigenvalue weighted by molar-refractivity contribution is 7.54. The van der Waals surface area contributed by atoms with Crippen LogP contribution in [0.5, 0.6) is 0 Å². The van der Waals surface area contributed by atoms with E-state index < -0.39 is 115 Å². The van der Waals surface area contributed by atoms with Gasteiger partial charge < -0.3 is 40.1 Å². The number of primary amides is 1. The Morgan fingerprint density at radius 2 is 1.29 bits per heavy atom. The van der Waals surface area contributed by atoms with E-state index in [1.807, 2.05) is 55.5 Å². The summed E-state index contributed by atoms with van der Waals surface area (Å²) in [7, 11) is -3.90. The normalized spacial score (nSPS) is 17.9. The van der Waals surface area contributed by atoms with E-state index >= 15 is 8.78 Å². The van der Waals surface area contributed by atoms with Crippen molar-refractivity contribution in [3.05, 3.63) is 146 Å². The molecule has 23 nitrogen and oxygen atoms in total. The van der Waals surface area contributed by atoms with Crippen LogP contribution in [0.3, 0.4) is 0 Å². The summed E-state index contributed by atoms with van der Waals surface area (Å²) in [6.07, 6.45) is 12.1. The number of ketones is 1. The first-order chi connectivity index (χ1) is 48.9. The van der Waals surface area contributed by atoms with E-state index in [9.17, 15) is 47.7 Å². The number of hydrogen-bond acceptors (Lipinski definition) is 17. The molecule has 1 aliphatic heterocycles. The second-order valence-corrected chi connectivity index (χ2v) is 31.2. The molecule has 0 spiro atoms. The highest BCUT2D eigenvalue weighted by atomic mass is 31.2. The fourth-order valence-electron chi connectivity index (χ4n) is 12.9. The standard InChI is InChI=1S/C77H101F2N6O17P/c1-49(54-28-31-57(32-29-54)77(78,79)103(95,101-47-99-72(92)75(3,4)5)102-48-100-73(93)76(6,7)8)43-66(88)81-60-33-30-55-21-16-22-56-45-58(68(67(55)56)69(60)89)70(90)82-59(34-37-64(80)86)50(2)98-46-53-25-23-51(24-26-53)19-17-41-96-39-14-12-10-11-13-15-40-97-42-18-20-52-27-35-61-63(44-52)84(9)74(94)85(61)62-36-38-65(87)83-71(62)91/h16,21-29,31-32,35,43-44,50,58-60,62,68H,10-15,17-20,30,33-34,36-42,45-48H2,1-9H3,(H2,80,86)(H,81,88)(H,82,90)(H,83,87,91)/b49-43+/t50-,58-,59+,60+,62?,68?/m1/s1. The van der Waals surface area contributed by atoms with Crippen molar-refractivity contribution in [3.63, 3.8) is 0 Å². The summed E-state index contributed by atoms with van der Waals surface area (Å²) < 4.78 is 87.6. The first-order valence-corrected chi connectivity index (χ1v) is 37.2. The number of imide groups is 1. The summed E-state index contributed by atoms with van der Waals surface area (Å²) >= 11 is 0. The summed E-state index contributed by atoms with van der Waals surface area (Å²) in [6.45, 7) is 13.1. The molecule has 2 aliphatic carbocycles. The molecule has 8 rings (SSSR count). The number of nitrogens with one attached hydrogen (secondary N) is 3. The van der Waals surface area contributed by atoms with Crippen LogP contribution < -0.4 is 27.4 Å². The molecule has 103 heavy (non-hydrogen) atoms. The van der Waals surface area contributed by atoms with Gasteiger partial charge in [-0.25, -0.2) is 4.79 Å². The molecule has 3 aliphatic rings. The van der Waals surface area contributed by atoms with Crippen molar-refractivity contribution >= 4 is 71.5 Å². The van der Waals surface area contributed by atoms with E-state index in [1.165, 1.54) is 64.3 Å². The lowest BCUT2D eigenvalue weighted by Gasteiger charge is -2.28. The lowest BCUT2D eigenvalue weighted by Crippen LogP contribution is -2.49. The van der Waals surface area contributed by atoms with Gasteiger partial charge in [-0.3, -0.25) is 66.4 Å². The molecule has 560 valence electrons. The molecule has 1 aromatic heterocycles. The zero-order chi connectivity index (χ0) is 74.8. The molecule has 26 heteroatoms. The SMILES string of the molecule is C/C(=C\C(=O)N[C@H]1CCc2cccc3c2C(C1=O)[C@H](C(=O)N[C@@H](CCC(N)=O)[C@@H](C)OCc1ccc(CCCOCCCCCCCCOCCCc2ccc4c(c2)n(C)c(=O)n4C2CCC(=O)NC2=O)cc1)C3)c1ccc(C(F)(F)P(=O)(OCOC(=O)C(C)(C)C)OCOC(=O)C(C)(C)C)cc1. The number of aromatic nitrogens is 2. The number of piperidine rings is 1. The number of rotatable bonds is 38. The monoisotopic (exact) mass is 1450 g/mol. The van der Waals surface area contributed by atoms with Gasteiger partial charge in [0.05, 0.1) is 58.5 Å². The fraction of sp³-hybridized carbons (Fsp3) is 0.545. The zero-order valence-electron chi connectivity index (χ0n) is 60.7. The van der Waals surface area contributed by atoms with Crippen molar-refractivity contribution in [2.75, 3.05) is 40.0 Å². The predicted molar refractivity (Wildman–Crippen MR) is 382 cm³/mol. The Balaban J connectivity index is 0.739. The van der Waals surface area contributed by atoms with Gasteiger partial charge in [0, 0.05) is 58.0 Å². The Morgan fingerprint density at radius 1 is 0.718 bits per heavy atom. The average molecular weight is 1450 g/mol. The van der Waals surface area contributed by atoms with Gasteiger partial charge in [-0.15, -0.1) is 0 Å². The van der Waals surface area contributed by atoms with Crippen LogP contribution >= 0.6 is 7.60 Å². The number of unbranched alkanes of at least 4 members (excludes halogenated alkanes) is 5. The third kappa shape index (κ3) is 21.8. The molecular weight excluding hydrogens is 1350 g/mol. The fourth-order valence-corrected chi connectivity index (χ4v) is 14.2. The lowest BCUT2D eigenvalue weighted by molar-refractivity contribution is -0.163. The number of ether oxygens (including phenoxy) is 5. The van der Waals surface area contributed by atoms with E-state index in [4.69, 9.17) is 38.5 Å². The van der Waals surface area contributed by atoms with Crippen LogP contribution in [-0.2, 0) is 121 Å². The van der Waals surface area contributed by atoms with Crippen LogP contribution in [0.2, 0.25) is 0 Å². The molecule has 5 amide bonds. The third-order valence-electron chi connectivity index (χ3n) is 19.0. The van der Waals surface area contributed by atoms with Gasteiger partial charge in [0.1, 0.15) is 6.04 Å². The molecule has 1 fully saturated rings. The predicted octanol–water partition coefficient (Wildman–Crippen LogP) is 11.3. The van der Waals surface area contributed by atoms with Gasteiger partial charge in [-0.1, -0.05) is 98.5 Å². The van der Waals surface area contributed by atoms with Crippen molar-refractivity contribution in [1.82, 2.24) is 25.1 Å². The summed E-state index contributed by atoms with van der Waals surface area (Å²) in [5.74, 6) is -6.16. The minimum absolute atomic E-state index is 0.0294. The number of imidazole rings is 1. The Hall–Kier alpha value is -8.06. The molecular formula is C77H101F2N6O17P. The van der Waals surface area contributed by atoms with Gasteiger partial charge in [-0.05, 0) is 183 Å². The Morgan fingerprint density at radius 3 is 1.89 bits per heavy atom. The van der Waals surface area contributed by atoms with Crippen molar-refractivity contribution in [2.45, 2.75) is 207 Å². The number of hydrogen-bond donors (Lipinski definition) is 4. The highest BCUT2D eigenvalue weighted by Gasteiger charge is 2.56. The minimum Gasteiger partial charge on any atom is -0.438 e. The van der Waals surface area contributed by atoms with E-state index in [-0.39, 0.29) is 56.1 Å². The van der Waals surface area contributed by atoms with Crippen LogP contribution in [0.1, 0.15) is 195 Å². The van der Waals surface area contributed by atoms with Crippen LogP contribution in [0, 0.1) is 16.7 Å². The second kappa shape index (κ2) is 36.6. The van der Waals surface area contributed by atoms with Crippen molar-refractivity contribution < 1.29 is 84.4 Å². The second-order valence-electron chi connectivity index (χ2n) is 29.1. The number of carbonyl (C=O) groups excluding carboxylic acids is 8. The van der Waals surface area contributed by atoms with E-state index in [0.717, 1.165) is 122 Å². The number of aryl methyl sites for hydroxylation is 4. The molecule has 5 N–H and O–H groups in total. The van der Waals surface area contributed by atoms with E-state index in [2.05, 4.69) is 28.1 Å². The number of nitrogens with two attached hydrogens (primary N) is 1. The Labute approximate surface area is 600 Å². The van der Waals surface area contributed by atoms with Crippen molar-refractivity contribution in [3.8, 4) is 0 Å². The third-order valence-corrected chi connectivity index (χ3v) is 20.9. The number of nitrogens with zero attached hydrogens (tertiary/aromatic N) is 2. The molecule has 5 aromatic rings. The van der Waals surface area contributed by atoms with Crippen LogP contribution in [0.15, 0.2) is 95.8 Å². The topological polar surface area (TPSA) is 307 Å². The number of alkyl halides is 2. The smallest absolute Gasteiger partial charge is 0.410 e. The highest BCUT2D eigenvalue weighted by Crippen LogP contribution is 2.67. The van der Waals surface area contributed by atoms with E-state index in [1.54, 1.807) is 18.5 Å². The molecule has 6 atom stereocenters. The Bertz CT molecular complexity index is 3930. The summed E-state index contributed by atoms with van der Waals surface area (Å²) in [4.78, 5) is 117. The zero-order valence-corrected chi connectivity index (χ0v) is 61.6. The molecule has 0 radical (unpaired) electrons. The number of amides is 5. The van der Waals surface area contributed by atoms with Gasteiger partial charge in [0.15, 0.2) is 5.78 Å².